The summed E-state index contributed by atoms with van der Waals surface area (Å²) in [7, 11) is 0. The van der Waals surface area contributed by atoms with Gasteiger partial charge in [-0.25, -0.2) is 0 Å². The molecule has 0 saturated heterocycles. The van der Waals surface area contributed by atoms with Gasteiger partial charge in [-0.15, -0.1) is 0 Å². The second kappa shape index (κ2) is 13.7. The van der Waals surface area contributed by atoms with E-state index in [2.05, 4.69) is 164 Å². The van der Waals surface area contributed by atoms with Gasteiger partial charge in [0, 0.05) is 28.6 Å². The number of rotatable bonds is 8. The van der Waals surface area contributed by atoms with Crippen LogP contribution in [0.5, 0.6) is 0 Å². The van der Waals surface area contributed by atoms with Crippen molar-refractivity contribution >= 4 is 28.2 Å². The van der Waals surface area contributed by atoms with Crippen molar-refractivity contribution in [1.82, 2.24) is 0 Å². The lowest BCUT2D eigenvalue weighted by molar-refractivity contribution is 0.122. The van der Waals surface area contributed by atoms with Gasteiger partial charge in [0.25, 0.3) is 0 Å². The molecule has 0 aromatic heterocycles. The summed E-state index contributed by atoms with van der Waals surface area (Å²) < 4.78 is 7.18. The summed E-state index contributed by atoms with van der Waals surface area (Å²) in [6.07, 6.45) is 25.5. The second-order valence-corrected chi connectivity index (χ2v) is 15.0. The number of anilines is 3. The van der Waals surface area contributed by atoms with Crippen LogP contribution in [-0.4, -0.2) is 6.10 Å². The SMILES string of the molecule is C=C/C(=C\C=C/C)c1ccc(N(c2ccccc2)c2ccc3c(c2)C2=C(CC(C)C4=C2OC2CCC=C[C@H]42)C3(C2=CC=CCC2)c2ccccc2)cc1. The number of benzene rings is 4. The molecule has 1 aliphatic heterocycles. The first-order valence-electron chi connectivity index (χ1n) is 19.4. The average Bonchev–Trinajstić information content (AvgIpc) is 3.74. The highest BCUT2D eigenvalue weighted by Crippen LogP contribution is 2.64. The molecule has 53 heavy (non-hydrogen) atoms. The smallest absolute Gasteiger partial charge is 0.127 e. The molecule has 5 aliphatic rings. The van der Waals surface area contributed by atoms with Gasteiger partial charge in [-0.2, -0.15) is 0 Å². The van der Waals surface area contributed by atoms with E-state index in [-0.39, 0.29) is 11.5 Å². The van der Waals surface area contributed by atoms with Gasteiger partial charge in [0.05, 0.1) is 5.41 Å². The van der Waals surface area contributed by atoms with Crippen LogP contribution >= 0.6 is 0 Å². The third-order valence-corrected chi connectivity index (χ3v) is 12.1. The fourth-order valence-corrected chi connectivity index (χ4v) is 9.81. The third-order valence-electron chi connectivity index (χ3n) is 12.1. The zero-order valence-corrected chi connectivity index (χ0v) is 30.8. The first kappa shape index (κ1) is 33.3. The van der Waals surface area contributed by atoms with Crippen molar-refractivity contribution in [3.05, 3.63) is 209 Å². The van der Waals surface area contributed by atoms with E-state index in [1.165, 1.54) is 39.0 Å². The van der Waals surface area contributed by atoms with Crippen molar-refractivity contribution in [2.24, 2.45) is 11.8 Å². The van der Waals surface area contributed by atoms with Gasteiger partial charge in [-0.05, 0) is 120 Å². The van der Waals surface area contributed by atoms with Crippen LogP contribution < -0.4 is 4.90 Å². The van der Waals surface area contributed by atoms with Crippen LogP contribution in [0.1, 0.15) is 68.2 Å². The van der Waals surface area contributed by atoms with E-state index < -0.39 is 0 Å². The number of para-hydroxylation sites is 1. The predicted octanol–water partition coefficient (Wildman–Crippen LogP) is 13.3. The van der Waals surface area contributed by atoms with Crippen LogP contribution in [0.15, 0.2) is 187 Å². The van der Waals surface area contributed by atoms with E-state index in [1.807, 2.05) is 19.1 Å². The molecular formula is C51H47NO. The molecule has 0 fully saturated rings. The molecular weight excluding hydrogens is 643 g/mol. The topological polar surface area (TPSA) is 12.5 Å². The molecule has 3 unspecified atom stereocenters. The minimum absolute atomic E-state index is 0.219. The molecule has 0 saturated carbocycles. The van der Waals surface area contributed by atoms with Crippen molar-refractivity contribution in [1.29, 1.82) is 0 Å². The van der Waals surface area contributed by atoms with E-state index in [0.717, 1.165) is 66.1 Å². The second-order valence-electron chi connectivity index (χ2n) is 15.0. The van der Waals surface area contributed by atoms with Crippen LogP contribution in [0.4, 0.5) is 17.1 Å². The molecule has 9 rings (SSSR count). The molecule has 0 N–H and O–H groups in total. The van der Waals surface area contributed by atoms with Crippen molar-refractivity contribution in [3.63, 3.8) is 0 Å². The fraction of sp³-hybridized carbons (Fsp3) is 0.216. The van der Waals surface area contributed by atoms with E-state index in [0.29, 0.717) is 11.8 Å². The first-order valence-corrected chi connectivity index (χ1v) is 19.4. The summed E-state index contributed by atoms with van der Waals surface area (Å²) >= 11 is 0. The van der Waals surface area contributed by atoms with Gasteiger partial charge >= 0.3 is 0 Å². The summed E-state index contributed by atoms with van der Waals surface area (Å²) in [6, 6.07) is 38.2. The van der Waals surface area contributed by atoms with Crippen LogP contribution in [-0.2, 0) is 10.2 Å². The molecule has 1 heterocycles. The van der Waals surface area contributed by atoms with Gasteiger partial charge in [-0.3, -0.25) is 0 Å². The zero-order valence-electron chi connectivity index (χ0n) is 30.8. The Balaban J connectivity index is 1.28. The van der Waals surface area contributed by atoms with Gasteiger partial charge in [0.2, 0.25) is 0 Å². The molecule has 0 spiro atoms. The maximum absolute atomic E-state index is 7.18. The molecule has 4 aromatic rings. The molecule has 0 radical (unpaired) electrons. The summed E-state index contributed by atoms with van der Waals surface area (Å²) in [5.41, 5.74) is 15.1. The molecule has 4 aromatic carbocycles. The standard InChI is InChI=1S/C51H47NO/c1-4-6-18-36(5-2)37-27-29-41(30-28-37)52(40-23-14-9-15-24-40)42-31-32-45-44(34-42)49-46(33-35(3)48-43-25-16-17-26-47(43)53-50(48)49)51(45,38-19-10-7-11-20-38)39-21-12-8-13-22-39/h4-12,14-16,18-21,23-25,27-32,34-35,43,47H,2,13,17,22,26,33H2,1,3H3/b6-4-,36-18+/t35?,43-,47?,51?/m0/s1. The maximum Gasteiger partial charge on any atom is 0.127 e. The number of nitrogens with zero attached hydrogens (tertiary/aromatic N) is 1. The number of allylic oxidation sites excluding steroid dienone is 12. The van der Waals surface area contributed by atoms with E-state index >= 15 is 0 Å². The normalized spacial score (nSPS) is 24.4. The Hall–Kier alpha value is -5.60. The average molecular weight is 690 g/mol. The maximum atomic E-state index is 7.18. The summed E-state index contributed by atoms with van der Waals surface area (Å²) in [6.45, 7) is 8.57. The predicted molar refractivity (Wildman–Crippen MR) is 222 cm³/mol. The summed E-state index contributed by atoms with van der Waals surface area (Å²) in [4.78, 5) is 2.40. The van der Waals surface area contributed by atoms with Crippen molar-refractivity contribution in [2.45, 2.75) is 57.5 Å². The number of hydrogen-bond acceptors (Lipinski definition) is 2. The van der Waals surface area contributed by atoms with Gasteiger partial charge < -0.3 is 9.64 Å². The van der Waals surface area contributed by atoms with E-state index in [4.69, 9.17) is 4.74 Å². The summed E-state index contributed by atoms with van der Waals surface area (Å²) in [5, 5.41) is 0. The number of fused-ring (bicyclic) bond motifs is 5. The molecule has 4 aliphatic carbocycles. The third kappa shape index (κ3) is 5.38. The molecule has 2 nitrogen and oxygen atoms in total. The van der Waals surface area contributed by atoms with Crippen molar-refractivity contribution in [2.75, 3.05) is 4.90 Å². The Morgan fingerprint density at radius 3 is 2.36 bits per heavy atom. The van der Waals surface area contributed by atoms with Crippen LogP contribution in [0.2, 0.25) is 0 Å². The van der Waals surface area contributed by atoms with Crippen LogP contribution in [0.3, 0.4) is 0 Å². The van der Waals surface area contributed by atoms with E-state index in [1.54, 1.807) is 0 Å². The Labute approximate surface area is 315 Å². The highest BCUT2D eigenvalue weighted by Gasteiger charge is 2.54. The quantitative estimate of drug-likeness (QED) is 0.135. The Kier molecular flexibility index (Phi) is 8.63. The van der Waals surface area contributed by atoms with Crippen LogP contribution in [0.25, 0.3) is 11.1 Å². The molecule has 262 valence electrons. The molecule has 4 atom stereocenters. The first-order chi connectivity index (χ1) is 26.1. The molecule has 0 bridgehead atoms. The monoisotopic (exact) mass is 689 g/mol. The Bertz CT molecular complexity index is 2280. The van der Waals surface area contributed by atoms with Crippen LogP contribution in [0, 0.1) is 11.8 Å². The highest BCUT2D eigenvalue weighted by molar-refractivity contribution is 5.96. The van der Waals surface area contributed by atoms with Gasteiger partial charge in [-0.1, -0.05) is 140 Å². The minimum atomic E-state index is -0.353. The van der Waals surface area contributed by atoms with Crippen molar-refractivity contribution < 1.29 is 4.74 Å². The molecule has 0 amide bonds. The Morgan fingerprint density at radius 2 is 1.62 bits per heavy atom. The lowest BCUT2D eigenvalue weighted by atomic mass is 9.62. The number of ether oxygens (including phenoxy) is 1. The number of hydrogen-bond donors (Lipinski definition) is 0. The lowest BCUT2D eigenvalue weighted by Gasteiger charge is -2.40. The molecule has 2 heteroatoms. The fourth-order valence-electron chi connectivity index (χ4n) is 9.81. The highest BCUT2D eigenvalue weighted by atomic mass is 16.5. The largest absolute Gasteiger partial charge is 0.489 e. The van der Waals surface area contributed by atoms with Gasteiger partial charge in [0.1, 0.15) is 11.9 Å². The minimum Gasteiger partial charge on any atom is -0.489 e. The van der Waals surface area contributed by atoms with E-state index in [9.17, 15) is 0 Å². The lowest BCUT2D eigenvalue weighted by Crippen LogP contribution is -2.33. The van der Waals surface area contributed by atoms with Crippen molar-refractivity contribution in [3.8, 4) is 0 Å². The van der Waals surface area contributed by atoms with Gasteiger partial charge in [0.15, 0.2) is 0 Å². The Morgan fingerprint density at radius 1 is 0.868 bits per heavy atom. The summed E-state index contributed by atoms with van der Waals surface area (Å²) in [5.74, 6) is 1.92. The zero-order chi connectivity index (χ0) is 35.9.